The summed E-state index contributed by atoms with van der Waals surface area (Å²) in [7, 11) is 0. The van der Waals surface area contributed by atoms with Crippen LogP contribution in [-0.2, 0) is 0 Å². The lowest BCUT2D eigenvalue weighted by atomic mass is 10.2. The molecule has 0 saturated carbocycles. The van der Waals surface area contributed by atoms with Crippen molar-refractivity contribution in [3.8, 4) is 17.8 Å². The van der Waals surface area contributed by atoms with E-state index in [9.17, 15) is 4.79 Å². The number of hydrogen-bond acceptors (Lipinski definition) is 6. The minimum Gasteiger partial charge on any atom is -0.463 e. The molecule has 1 amide bonds. The standard InChI is InChI=1S/C13H13ClN4O3/c1-2-7-20-12-16-11(14)17-13(18-12)21-9-5-3-8(4-6-9)10(15)19/h3-6H,2,7H2,1H3,(H2,15,19). The molecule has 0 spiro atoms. The normalized spacial score (nSPS) is 10.2. The topological polar surface area (TPSA) is 100 Å². The summed E-state index contributed by atoms with van der Waals surface area (Å²) in [6.45, 7) is 2.42. The van der Waals surface area contributed by atoms with Crippen LogP contribution in [0, 0.1) is 0 Å². The van der Waals surface area contributed by atoms with Gasteiger partial charge in [0.1, 0.15) is 5.75 Å². The fraction of sp³-hybridized carbons (Fsp3) is 0.231. The lowest BCUT2D eigenvalue weighted by Crippen LogP contribution is -2.10. The molecule has 7 nitrogen and oxygen atoms in total. The Balaban J connectivity index is 2.14. The molecule has 0 unspecified atom stereocenters. The first kappa shape index (κ1) is 15.0. The molecular weight excluding hydrogens is 296 g/mol. The molecule has 110 valence electrons. The summed E-state index contributed by atoms with van der Waals surface area (Å²) in [4.78, 5) is 22.6. The summed E-state index contributed by atoms with van der Waals surface area (Å²) in [5, 5.41) is -0.0279. The molecule has 8 heteroatoms. The van der Waals surface area contributed by atoms with Crippen molar-refractivity contribution in [3.05, 3.63) is 35.1 Å². The van der Waals surface area contributed by atoms with Crippen LogP contribution in [0.15, 0.2) is 24.3 Å². The van der Waals surface area contributed by atoms with Gasteiger partial charge in [0.25, 0.3) is 0 Å². The molecule has 0 aliphatic heterocycles. The van der Waals surface area contributed by atoms with Gasteiger partial charge in [0, 0.05) is 5.56 Å². The molecule has 0 aliphatic carbocycles. The number of carbonyl (C=O) groups excluding carboxylic acids is 1. The number of hydrogen-bond donors (Lipinski definition) is 1. The van der Waals surface area contributed by atoms with E-state index in [2.05, 4.69) is 15.0 Å². The quantitative estimate of drug-likeness (QED) is 0.878. The second kappa shape index (κ2) is 6.85. The van der Waals surface area contributed by atoms with Gasteiger partial charge in [-0.25, -0.2) is 0 Å². The zero-order chi connectivity index (χ0) is 15.2. The maximum Gasteiger partial charge on any atom is 0.329 e. The molecule has 1 aromatic heterocycles. The average Bonchev–Trinajstić information content (AvgIpc) is 2.45. The Labute approximate surface area is 126 Å². The molecule has 21 heavy (non-hydrogen) atoms. The highest BCUT2D eigenvalue weighted by atomic mass is 35.5. The zero-order valence-corrected chi connectivity index (χ0v) is 12.0. The number of rotatable bonds is 6. The number of nitrogens with two attached hydrogens (primary N) is 1. The Hall–Kier alpha value is -2.41. The van der Waals surface area contributed by atoms with Crippen LogP contribution in [0.25, 0.3) is 0 Å². The van der Waals surface area contributed by atoms with Crippen molar-refractivity contribution < 1.29 is 14.3 Å². The molecule has 2 aromatic rings. The Kier molecular flexibility index (Phi) is 4.89. The summed E-state index contributed by atoms with van der Waals surface area (Å²) in [5.41, 5.74) is 5.53. The first-order valence-electron chi connectivity index (χ1n) is 6.20. The summed E-state index contributed by atoms with van der Waals surface area (Å²) < 4.78 is 10.7. The molecule has 1 heterocycles. The molecule has 0 atom stereocenters. The number of benzene rings is 1. The number of halogens is 1. The van der Waals surface area contributed by atoms with Crippen molar-refractivity contribution in [1.82, 2.24) is 15.0 Å². The van der Waals surface area contributed by atoms with E-state index in [-0.39, 0.29) is 17.3 Å². The number of aromatic nitrogens is 3. The van der Waals surface area contributed by atoms with Crippen molar-refractivity contribution >= 4 is 17.5 Å². The van der Waals surface area contributed by atoms with Gasteiger partial charge in [-0.15, -0.1) is 4.98 Å². The highest BCUT2D eigenvalue weighted by Gasteiger charge is 2.09. The molecule has 2 N–H and O–H groups in total. The van der Waals surface area contributed by atoms with Crippen LogP contribution >= 0.6 is 11.6 Å². The van der Waals surface area contributed by atoms with Crippen LogP contribution in [0.1, 0.15) is 23.7 Å². The third-order valence-corrected chi connectivity index (χ3v) is 2.52. The predicted molar refractivity (Wildman–Crippen MR) is 75.7 cm³/mol. The molecule has 0 bridgehead atoms. The summed E-state index contributed by atoms with van der Waals surface area (Å²) >= 11 is 5.78. The number of primary amides is 1. The Bertz CT molecular complexity index is 634. The van der Waals surface area contributed by atoms with E-state index < -0.39 is 5.91 Å². The summed E-state index contributed by atoms with van der Waals surface area (Å²) in [5.74, 6) is -0.0799. The van der Waals surface area contributed by atoms with E-state index >= 15 is 0 Å². The van der Waals surface area contributed by atoms with Gasteiger partial charge in [-0.2, -0.15) is 9.97 Å². The summed E-state index contributed by atoms with van der Waals surface area (Å²) in [6.07, 6.45) is 0.814. The second-order valence-corrected chi connectivity index (χ2v) is 4.35. The van der Waals surface area contributed by atoms with Gasteiger partial charge in [-0.05, 0) is 42.3 Å². The maximum absolute atomic E-state index is 11.0. The van der Waals surface area contributed by atoms with E-state index in [4.69, 9.17) is 26.8 Å². The number of ether oxygens (including phenoxy) is 2. The highest BCUT2D eigenvalue weighted by Crippen LogP contribution is 2.21. The second-order valence-electron chi connectivity index (χ2n) is 4.01. The van der Waals surface area contributed by atoms with Gasteiger partial charge in [0.2, 0.25) is 11.2 Å². The van der Waals surface area contributed by atoms with Gasteiger partial charge in [-0.1, -0.05) is 6.92 Å². The lowest BCUT2D eigenvalue weighted by Gasteiger charge is -2.06. The number of nitrogens with zero attached hydrogens (tertiary/aromatic N) is 3. The Morgan fingerprint density at radius 2 is 1.86 bits per heavy atom. The Morgan fingerprint density at radius 3 is 2.48 bits per heavy atom. The SMILES string of the molecule is CCCOc1nc(Cl)nc(Oc2ccc(C(N)=O)cc2)n1. The highest BCUT2D eigenvalue weighted by molar-refractivity contribution is 6.28. The van der Waals surface area contributed by atoms with Crippen molar-refractivity contribution in [2.75, 3.05) is 6.61 Å². The molecule has 0 saturated heterocycles. The summed E-state index contributed by atoms with van der Waals surface area (Å²) in [6, 6.07) is 6.33. The monoisotopic (exact) mass is 308 g/mol. The van der Waals surface area contributed by atoms with E-state index in [0.29, 0.717) is 17.9 Å². The van der Waals surface area contributed by atoms with Gasteiger partial charge in [0.15, 0.2) is 0 Å². The smallest absolute Gasteiger partial charge is 0.329 e. The van der Waals surface area contributed by atoms with Crippen molar-refractivity contribution in [2.45, 2.75) is 13.3 Å². The first-order valence-corrected chi connectivity index (χ1v) is 6.58. The third kappa shape index (κ3) is 4.28. The van der Waals surface area contributed by atoms with Crippen LogP contribution in [0.4, 0.5) is 0 Å². The Morgan fingerprint density at radius 1 is 1.19 bits per heavy atom. The van der Waals surface area contributed by atoms with Crippen LogP contribution in [-0.4, -0.2) is 27.5 Å². The van der Waals surface area contributed by atoms with Crippen LogP contribution < -0.4 is 15.2 Å². The molecule has 0 aliphatic rings. The minimum atomic E-state index is -0.514. The zero-order valence-electron chi connectivity index (χ0n) is 11.2. The number of carbonyl (C=O) groups is 1. The molecule has 0 fully saturated rings. The van der Waals surface area contributed by atoms with E-state index in [1.54, 1.807) is 12.1 Å². The minimum absolute atomic E-state index is 0.00734. The van der Waals surface area contributed by atoms with Crippen LogP contribution in [0.2, 0.25) is 5.28 Å². The molecular formula is C13H13ClN4O3. The average molecular weight is 309 g/mol. The fourth-order valence-corrected chi connectivity index (χ4v) is 1.56. The number of amides is 1. The molecule has 0 radical (unpaired) electrons. The van der Waals surface area contributed by atoms with Gasteiger partial charge < -0.3 is 15.2 Å². The van der Waals surface area contributed by atoms with E-state index in [0.717, 1.165) is 6.42 Å². The van der Waals surface area contributed by atoms with Gasteiger partial charge >= 0.3 is 12.0 Å². The van der Waals surface area contributed by atoms with E-state index in [1.165, 1.54) is 12.1 Å². The fourth-order valence-electron chi connectivity index (χ4n) is 1.41. The van der Waals surface area contributed by atoms with Gasteiger partial charge in [0.05, 0.1) is 6.61 Å². The lowest BCUT2D eigenvalue weighted by molar-refractivity contribution is 0.100. The van der Waals surface area contributed by atoms with Gasteiger partial charge in [-0.3, -0.25) is 4.79 Å². The largest absolute Gasteiger partial charge is 0.463 e. The first-order chi connectivity index (χ1) is 10.1. The maximum atomic E-state index is 11.0. The third-order valence-electron chi connectivity index (χ3n) is 2.35. The van der Waals surface area contributed by atoms with Crippen molar-refractivity contribution in [1.29, 1.82) is 0 Å². The molecule has 1 aromatic carbocycles. The van der Waals surface area contributed by atoms with Crippen LogP contribution in [0.3, 0.4) is 0 Å². The van der Waals surface area contributed by atoms with Crippen LogP contribution in [0.5, 0.6) is 17.8 Å². The van der Waals surface area contributed by atoms with Crippen molar-refractivity contribution in [2.24, 2.45) is 5.73 Å². The van der Waals surface area contributed by atoms with E-state index in [1.807, 2.05) is 6.92 Å². The molecule has 2 rings (SSSR count). The predicted octanol–water partition coefficient (Wildman–Crippen LogP) is 2.21. The van der Waals surface area contributed by atoms with Crippen molar-refractivity contribution in [3.63, 3.8) is 0 Å².